The average Bonchev–Trinajstić information content (AvgIpc) is 1.97. The molecule has 0 fully saturated rings. The SMILES string of the molecule is CC(C)(C)c1cc(F)c(Br)c(I)c1. The van der Waals surface area contributed by atoms with Gasteiger partial charge < -0.3 is 0 Å². The van der Waals surface area contributed by atoms with E-state index in [1.165, 1.54) is 0 Å². The molecule has 3 heteroatoms. The molecule has 0 N–H and O–H groups in total. The van der Waals surface area contributed by atoms with Gasteiger partial charge in [-0.2, -0.15) is 0 Å². The van der Waals surface area contributed by atoms with E-state index in [9.17, 15) is 4.39 Å². The minimum atomic E-state index is -0.183. The summed E-state index contributed by atoms with van der Waals surface area (Å²) < 4.78 is 14.8. The van der Waals surface area contributed by atoms with E-state index in [1.54, 1.807) is 6.07 Å². The Bertz CT molecular complexity index is 305. The molecular weight excluding hydrogens is 346 g/mol. The molecule has 72 valence electrons. The Hall–Kier alpha value is 0.360. The summed E-state index contributed by atoms with van der Waals surface area (Å²) >= 11 is 5.33. The van der Waals surface area contributed by atoms with Crippen LogP contribution in [0.3, 0.4) is 0 Å². The van der Waals surface area contributed by atoms with Crippen molar-refractivity contribution >= 4 is 38.5 Å². The van der Waals surface area contributed by atoms with Crippen molar-refractivity contribution in [2.45, 2.75) is 26.2 Å². The van der Waals surface area contributed by atoms with E-state index >= 15 is 0 Å². The molecule has 0 aliphatic carbocycles. The lowest BCUT2D eigenvalue weighted by atomic mass is 9.87. The van der Waals surface area contributed by atoms with Crippen LogP contribution in [0.2, 0.25) is 0 Å². The van der Waals surface area contributed by atoms with Crippen LogP contribution in [0.25, 0.3) is 0 Å². The number of rotatable bonds is 0. The van der Waals surface area contributed by atoms with Crippen molar-refractivity contribution in [3.05, 3.63) is 31.6 Å². The van der Waals surface area contributed by atoms with Gasteiger partial charge in [-0.3, -0.25) is 0 Å². The number of hydrogen-bond donors (Lipinski definition) is 0. The lowest BCUT2D eigenvalue weighted by Gasteiger charge is -2.19. The third-order valence-corrected chi connectivity index (χ3v) is 4.25. The molecule has 1 rings (SSSR count). The Morgan fingerprint density at radius 3 is 2.23 bits per heavy atom. The second-order valence-electron chi connectivity index (χ2n) is 4.00. The van der Waals surface area contributed by atoms with Gasteiger partial charge in [0, 0.05) is 3.57 Å². The van der Waals surface area contributed by atoms with Crippen LogP contribution in [0.1, 0.15) is 26.3 Å². The van der Waals surface area contributed by atoms with Crippen molar-refractivity contribution in [2.24, 2.45) is 0 Å². The zero-order valence-electron chi connectivity index (χ0n) is 7.79. The molecule has 13 heavy (non-hydrogen) atoms. The highest BCUT2D eigenvalue weighted by Gasteiger charge is 2.16. The topological polar surface area (TPSA) is 0 Å². The molecular formula is C10H11BrFI. The highest BCUT2D eigenvalue weighted by atomic mass is 127. The predicted octanol–water partition coefficient (Wildman–Crippen LogP) is 4.49. The summed E-state index contributed by atoms with van der Waals surface area (Å²) in [7, 11) is 0. The molecule has 0 bridgehead atoms. The Labute approximate surface area is 100 Å². The molecule has 1 aromatic carbocycles. The number of benzene rings is 1. The van der Waals surface area contributed by atoms with Crippen molar-refractivity contribution in [1.82, 2.24) is 0 Å². The van der Waals surface area contributed by atoms with Gasteiger partial charge in [-0.25, -0.2) is 4.39 Å². The first kappa shape index (κ1) is 11.4. The van der Waals surface area contributed by atoms with Crippen LogP contribution in [0.5, 0.6) is 0 Å². The molecule has 1 aromatic rings. The number of halogens is 3. The van der Waals surface area contributed by atoms with Crippen LogP contribution in [0, 0.1) is 9.39 Å². The second-order valence-corrected chi connectivity index (χ2v) is 5.96. The largest absolute Gasteiger partial charge is 0.206 e. The second kappa shape index (κ2) is 3.85. The third kappa shape index (κ3) is 2.65. The monoisotopic (exact) mass is 356 g/mol. The van der Waals surface area contributed by atoms with Gasteiger partial charge in [-0.1, -0.05) is 20.8 Å². The van der Waals surface area contributed by atoms with Gasteiger partial charge in [0.15, 0.2) is 0 Å². The molecule has 0 unspecified atom stereocenters. The van der Waals surface area contributed by atoms with E-state index in [1.807, 2.05) is 6.07 Å². The molecule has 0 aromatic heterocycles. The van der Waals surface area contributed by atoms with Gasteiger partial charge in [0.1, 0.15) is 5.82 Å². The van der Waals surface area contributed by atoms with Crippen LogP contribution in [0.15, 0.2) is 16.6 Å². The molecule has 0 radical (unpaired) electrons. The molecule has 0 amide bonds. The smallest absolute Gasteiger partial charge is 0.138 e. The van der Waals surface area contributed by atoms with Crippen molar-refractivity contribution < 1.29 is 4.39 Å². The molecule has 0 spiro atoms. The summed E-state index contributed by atoms with van der Waals surface area (Å²) in [5, 5.41) is 0. The van der Waals surface area contributed by atoms with Crippen LogP contribution in [-0.4, -0.2) is 0 Å². The fourth-order valence-corrected chi connectivity index (χ4v) is 1.81. The summed E-state index contributed by atoms with van der Waals surface area (Å²) in [4.78, 5) is 0. The third-order valence-electron chi connectivity index (χ3n) is 1.85. The van der Waals surface area contributed by atoms with E-state index < -0.39 is 0 Å². The van der Waals surface area contributed by atoms with E-state index in [4.69, 9.17) is 0 Å². The molecule has 0 atom stereocenters. The summed E-state index contributed by atoms with van der Waals surface area (Å²) in [6.45, 7) is 6.23. The first-order chi connectivity index (χ1) is 5.82. The van der Waals surface area contributed by atoms with Crippen molar-refractivity contribution in [3.8, 4) is 0 Å². The Morgan fingerprint density at radius 2 is 1.85 bits per heavy atom. The maximum atomic E-state index is 13.3. The van der Waals surface area contributed by atoms with Gasteiger partial charge in [0.05, 0.1) is 4.47 Å². The molecule has 0 nitrogen and oxygen atoms in total. The van der Waals surface area contributed by atoms with Crippen LogP contribution in [0.4, 0.5) is 4.39 Å². The fraction of sp³-hybridized carbons (Fsp3) is 0.400. The molecule has 0 saturated heterocycles. The summed E-state index contributed by atoms with van der Waals surface area (Å²) in [5.74, 6) is -0.183. The lowest BCUT2D eigenvalue weighted by molar-refractivity contribution is 0.568. The minimum absolute atomic E-state index is 0.00145. The Balaban J connectivity index is 3.29. The van der Waals surface area contributed by atoms with E-state index in [-0.39, 0.29) is 11.2 Å². The molecule has 0 aliphatic rings. The molecule has 0 heterocycles. The normalized spacial score (nSPS) is 11.8. The van der Waals surface area contributed by atoms with E-state index in [2.05, 4.69) is 59.3 Å². The van der Waals surface area contributed by atoms with Crippen LogP contribution < -0.4 is 0 Å². The first-order valence-corrected chi connectivity index (χ1v) is 5.84. The van der Waals surface area contributed by atoms with Gasteiger partial charge in [-0.05, 0) is 61.6 Å². The lowest BCUT2D eigenvalue weighted by Crippen LogP contribution is -2.11. The standard InChI is InChI=1S/C10H11BrFI/c1-10(2,3)6-4-7(12)9(11)8(13)5-6/h4-5H,1-3H3. The van der Waals surface area contributed by atoms with Crippen molar-refractivity contribution in [2.75, 3.05) is 0 Å². The average molecular weight is 357 g/mol. The summed E-state index contributed by atoms with van der Waals surface area (Å²) in [5.41, 5.74) is 1.03. The highest BCUT2D eigenvalue weighted by molar-refractivity contribution is 14.1. The fourth-order valence-electron chi connectivity index (χ4n) is 0.989. The Morgan fingerprint density at radius 1 is 1.31 bits per heavy atom. The van der Waals surface area contributed by atoms with Crippen molar-refractivity contribution in [3.63, 3.8) is 0 Å². The van der Waals surface area contributed by atoms with Crippen molar-refractivity contribution in [1.29, 1.82) is 0 Å². The quantitative estimate of drug-likeness (QED) is 0.474. The van der Waals surface area contributed by atoms with Gasteiger partial charge in [-0.15, -0.1) is 0 Å². The summed E-state index contributed by atoms with van der Waals surface area (Å²) in [6.07, 6.45) is 0. The summed E-state index contributed by atoms with van der Waals surface area (Å²) in [6, 6.07) is 3.60. The van der Waals surface area contributed by atoms with E-state index in [0.29, 0.717) is 4.47 Å². The van der Waals surface area contributed by atoms with Gasteiger partial charge in [0.2, 0.25) is 0 Å². The van der Waals surface area contributed by atoms with Gasteiger partial charge >= 0.3 is 0 Å². The maximum absolute atomic E-state index is 13.3. The molecule has 0 saturated carbocycles. The minimum Gasteiger partial charge on any atom is -0.206 e. The van der Waals surface area contributed by atoms with Crippen LogP contribution in [-0.2, 0) is 5.41 Å². The highest BCUT2D eigenvalue weighted by Crippen LogP contribution is 2.30. The Kier molecular flexibility index (Phi) is 3.38. The van der Waals surface area contributed by atoms with Crippen LogP contribution >= 0.6 is 38.5 Å². The van der Waals surface area contributed by atoms with E-state index in [0.717, 1.165) is 9.13 Å². The zero-order chi connectivity index (χ0) is 10.2. The van der Waals surface area contributed by atoms with Gasteiger partial charge in [0.25, 0.3) is 0 Å². The molecule has 0 aliphatic heterocycles. The number of hydrogen-bond acceptors (Lipinski definition) is 0. The predicted molar refractivity (Wildman–Crippen MR) is 65.5 cm³/mol. The maximum Gasteiger partial charge on any atom is 0.138 e. The first-order valence-electron chi connectivity index (χ1n) is 3.97. The zero-order valence-corrected chi connectivity index (χ0v) is 11.5.